The second kappa shape index (κ2) is 8.34. The summed E-state index contributed by atoms with van der Waals surface area (Å²) in [5.41, 5.74) is 5.81. The van der Waals surface area contributed by atoms with Gasteiger partial charge in [0.05, 0.1) is 11.3 Å². The van der Waals surface area contributed by atoms with Gasteiger partial charge in [-0.25, -0.2) is 4.39 Å². The third-order valence-electron chi connectivity index (χ3n) is 3.44. The molecule has 0 saturated carbocycles. The molecule has 0 aliphatic heterocycles. The molecule has 1 aromatic rings. The van der Waals surface area contributed by atoms with Crippen LogP contribution in [0.5, 0.6) is 0 Å². The zero-order valence-electron chi connectivity index (χ0n) is 12.7. The van der Waals surface area contributed by atoms with Crippen LogP contribution in [-0.4, -0.2) is 37.0 Å². The summed E-state index contributed by atoms with van der Waals surface area (Å²) in [7, 11) is 2.08. The molecule has 0 aliphatic carbocycles. The van der Waals surface area contributed by atoms with Crippen LogP contribution in [0.15, 0.2) is 16.6 Å². The van der Waals surface area contributed by atoms with E-state index in [4.69, 9.17) is 5.73 Å². The van der Waals surface area contributed by atoms with Crippen molar-refractivity contribution in [3.8, 4) is 0 Å². The Morgan fingerprint density at radius 2 is 2.10 bits per heavy atom. The molecule has 0 radical (unpaired) electrons. The first-order valence-corrected chi connectivity index (χ1v) is 7.85. The number of anilines is 1. The molecule has 3 N–H and O–H groups in total. The van der Waals surface area contributed by atoms with E-state index < -0.39 is 5.82 Å². The molecular weight excluding hydrogens is 337 g/mol. The third-order valence-corrected chi connectivity index (χ3v) is 4.09. The quantitative estimate of drug-likeness (QED) is 0.581. The molecule has 0 unspecified atom stereocenters. The molecule has 0 aromatic heterocycles. The summed E-state index contributed by atoms with van der Waals surface area (Å²) in [5.74, 6) is -0.777. The number of nitrogens with two attached hydrogens (primary N) is 1. The Labute approximate surface area is 134 Å². The summed E-state index contributed by atoms with van der Waals surface area (Å²) in [4.78, 5) is 14.3. The predicted octanol–water partition coefficient (Wildman–Crippen LogP) is 3.02. The van der Waals surface area contributed by atoms with E-state index in [-0.39, 0.29) is 11.6 Å². The highest BCUT2D eigenvalue weighted by molar-refractivity contribution is 9.10. The fourth-order valence-corrected chi connectivity index (χ4v) is 2.28. The van der Waals surface area contributed by atoms with Gasteiger partial charge in [0.2, 0.25) is 0 Å². The van der Waals surface area contributed by atoms with Crippen molar-refractivity contribution in [3.63, 3.8) is 0 Å². The van der Waals surface area contributed by atoms with Gasteiger partial charge in [-0.15, -0.1) is 0 Å². The molecule has 0 fully saturated rings. The Balaban J connectivity index is 2.40. The number of rotatable bonds is 7. The van der Waals surface area contributed by atoms with Crippen LogP contribution in [0.4, 0.5) is 10.1 Å². The zero-order chi connectivity index (χ0) is 16.0. The maximum absolute atomic E-state index is 13.2. The Hall–Kier alpha value is -1.14. The molecule has 21 heavy (non-hydrogen) atoms. The lowest BCUT2D eigenvalue weighted by molar-refractivity contribution is 0.0951. The second-order valence-corrected chi connectivity index (χ2v) is 6.25. The van der Waals surface area contributed by atoms with Gasteiger partial charge in [0.15, 0.2) is 0 Å². The number of amides is 1. The number of nitrogens with one attached hydrogen (secondary N) is 1. The highest BCUT2D eigenvalue weighted by Gasteiger charge is 2.12. The van der Waals surface area contributed by atoms with Crippen molar-refractivity contribution in [2.24, 2.45) is 0 Å². The fourth-order valence-electron chi connectivity index (χ4n) is 1.78. The maximum atomic E-state index is 13.2. The largest absolute Gasteiger partial charge is 0.396 e. The first-order valence-electron chi connectivity index (χ1n) is 7.06. The predicted molar refractivity (Wildman–Crippen MR) is 87.8 cm³/mol. The van der Waals surface area contributed by atoms with Crippen LogP contribution in [-0.2, 0) is 0 Å². The van der Waals surface area contributed by atoms with Gasteiger partial charge in [-0.2, -0.15) is 0 Å². The van der Waals surface area contributed by atoms with E-state index in [1.165, 1.54) is 12.1 Å². The summed E-state index contributed by atoms with van der Waals surface area (Å²) < 4.78 is 13.6. The van der Waals surface area contributed by atoms with E-state index in [9.17, 15) is 9.18 Å². The summed E-state index contributed by atoms with van der Waals surface area (Å²) in [5, 5.41) is 2.82. The minimum atomic E-state index is -0.532. The van der Waals surface area contributed by atoms with Crippen LogP contribution in [0.3, 0.4) is 0 Å². The maximum Gasteiger partial charge on any atom is 0.252 e. The van der Waals surface area contributed by atoms with Crippen molar-refractivity contribution in [1.29, 1.82) is 0 Å². The van der Waals surface area contributed by atoms with E-state index in [1.54, 1.807) is 0 Å². The third kappa shape index (κ3) is 5.63. The molecule has 6 heteroatoms. The lowest BCUT2D eigenvalue weighted by Crippen LogP contribution is -2.29. The van der Waals surface area contributed by atoms with Crippen LogP contribution < -0.4 is 11.1 Å². The van der Waals surface area contributed by atoms with Gasteiger partial charge in [0.1, 0.15) is 5.82 Å². The molecule has 0 atom stereocenters. The molecule has 1 rings (SSSR count). The molecule has 0 aliphatic rings. The summed E-state index contributed by atoms with van der Waals surface area (Å²) in [6, 6.07) is 3.08. The average Bonchev–Trinajstić information content (AvgIpc) is 2.41. The van der Waals surface area contributed by atoms with E-state index in [2.05, 4.69) is 47.0 Å². The Morgan fingerprint density at radius 1 is 1.43 bits per heavy atom. The van der Waals surface area contributed by atoms with Crippen LogP contribution >= 0.6 is 15.9 Å². The highest BCUT2D eigenvalue weighted by Crippen LogP contribution is 2.22. The van der Waals surface area contributed by atoms with Gasteiger partial charge in [-0.05, 0) is 68.3 Å². The van der Waals surface area contributed by atoms with Crippen molar-refractivity contribution in [1.82, 2.24) is 10.2 Å². The number of nitrogen functional groups attached to an aromatic ring is 1. The number of unbranched alkanes of at least 4 members (excludes halogenated alkanes) is 1. The summed E-state index contributed by atoms with van der Waals surface area (Å²) in [6.07, 6.45) is 1.92. The lowest BCUT2D eigenvalue weighted by atomic mass is 10.1. The molecule has 1 aromatic carbocycles. The molecule has 4 nitrogen and oxygen atoms in total. The van der Waals surface area contributed by atoms with Gasteiger partial charge in [-0.1, -0.05) is 0 Å². The smallest absolute Gasteiger partial charge is 0.252 e. The fraction of sp³-hybridized carbons (Fsp3) is 0.533. The second-order valence-electron chi connectivity index (χ2n) is 5.39. The van der Waals surface area contributed by atoms with Crippen LogP contribution in [0.25, 0.3) is 0 Å². The minimum Gasteiger partial charge on any atom is -0.396 e. The molecule has 118 valence electrons. The Kier molecular flexibility index (Phi) is 7.11. The number of benzene rings is 1. The SMILES string of the molecule is CC(C)N(C)CCCCNC(=O)c1cc(N)c(F)cc1Br. The molecule has 0 heterocycles. The van der Waals surface area contributed by atoms with Crippen LogP contribution in [0, 0.1) is 5.82 Å². The summed E-state index contributed by atoms with van der Waals surface area (Å²) >= 11 is 3.18. The number of hydrogen-bond acceptors (Lipinski definition) is 3. The van der Waals surface area contributed by atoms with Crippen molar-refractivity contribution >= 4 is 27.5 Å². The summed E-state index contributed by atoms with van der Waals surface area (Å²) in [6.45, 7) is 5.89. The van der Waals surface area contributed by atoms with E-state index >= 15 is 0 Å². The molecule has 0 bridgehead atoms. The number of hydrogen-bond donors (Lipinski definition) is 2. The number of carbonyl (C=O) groups is 1. The number of carbonyl (C=O) groups excluding carboxylic acids is 1. The monoisotopic (exact) mass is 359 g/mol. The van der Waals surface area contributed by atoms with Gasteiger partial charge in [0, 0.05) is 17.1 Å². The van der Waals surface area contributed by atoms with Crippen LogP contribution in [0.1, 0.15) is 37.0 Å². The Morgan fingerprint density at radius 3 is 2.71 bits per heavy atom. The standard InChI is InChI=1S/C15H23BrFN3O/c1-10(2)20(3)7-5-4-6-19-15(21)11-8-14(18)13(17)9-12(11)16/h8-10H,4-7,18H2,1-3H3,(H,19,21). The average molecular weight is 360 g/mol. The van der Waals surface area contributed by atoms with E-state index in [1.807, 2.05) is 0 Å². The van der Waals surface area contributed by atoms with Crippen molar-refractivity contribution in [3.05, 3.63) is 28.0 Å². The minimum absolute atomic E-state index is 0.0260. The highest BCUT2D eigenvalue weighted by atomic mass is 79.9. The van der Waals surface area contributed by atoms with Gasteiger partial charge in [0.25, 0.3) is 5.91 Å². The van der Waals surface area contributed by atoms with E-state index in [0.717, 1.165) is 19.4 Å². The van der Waals surface area contributed by atoms with Crippen molar-refractivity contribution < 1.29 is 9.18 Å². The van der Waals surface area contributed by atoms with Gasteiger partial charge < -0.3 is 16.0 Å². The van der Waals surface area contributed by atoms with Crippen LogP contribution in [0.2, 0.25) is 0 Å². The van der Waals surface area contributed by atoms with E-state index in [0.29, 0.717) is 22.6 Å². The molecular formula is C15H23BrFN3O. The first-order chi connectivity index (χ1) is 9.82. The normalized spacial score (nSPS) is 11.2. The van der Waals surface area contributed by atoms with Crippen molar-refractivity contribution in [2.75, 3.05) is 25.9 Å². The molecule has 0 saturated heterocycles. The molecule has 0 spiro atoms. The Bertz CT molecular complexity index is 494. The van der Waals surface area contributed by atoms with Gasteiger partial charge >= 0.3 is 0 Å². The zero-order valence-corrected chi connectivity index (χ0v) is 14.3. The topological polar surface area (TPSA) is 58.4 Å². The lowest BCUT2D eigenvalue weighted by Gasteiger charge is -2.20. The number of halogens is 2. The first kappa shape index (κ1) is 17.9. The molecule has 1 amide bonds. The van der Waals surface area contributed by atoms with Gasteiger partial charge in [-0.3, -0.25) is 4.79 Å². The van der Waals surface area contributed by atoms with Crippen molar-refractivity contribution in [2.45, 2.75) is 32.7 Å². The number of nitrogens with zero attached hydrogens (tertiary/aromatic N) is 1.